The van der Waals surface area contributed by atoms with Crippen molar-refractivity contribution in [3.05, 3.63) is 29.0 Å². The Hall–Kier alpha value is -0.760. The third-order valence-electron chi connectivity index (χ3n) is 3.25. The maximum absolute atomic E-state index is 13.6. The van der Waals surface area contributed by atoms with Crippen LogP contribution in [0, 0.1) is 11.7 Å². The standard InChI is InChI=1S/C13H17ClFN/c1-9-4-2-5-10(8-9)16-13-11(14)6-3-7-12(13)15/h3,6-7,9-10,16H,2,4-5,8H2,1H3. The predicted molar refractivity (Wildman–Crippen MR) is 66.5 cm³/mol. The maximum atomic E-state index is 13.6. The smallest absolute Gasteiger partial charge is 0.147 e. The van der Waals surface area contributed by atoms with Gasteiger partial charge in [0.15, 0.2) is 0 Å². The molecule has 0 radical (unpaired) electrons. The number of anilines is 1. The first-order valence-electron chi connectivity index (χ1n) is 5.87. The van der Waals surface area contributed by atoms with Crippen molar-refractivity contribution in [1.82, 2.24) is 0 Å². The second-order valence-electron chi connectivity index (χ2n) is 4.71. The molecule has 1 aliphatic carbocycles. The van der Waals surface area contributed by atoms with E-state index in [0.29, 0.717) is 16.8 Å². The van der Waals surface area contributed by atoms with Crippen LogP contribution in [0.5, 0.6) is 0 Å². The van der Waals surface area contributed by atoms with Gasteiger partial charge in [-0.15, -0.1) is 0 Å². The van der Waals surface area contributed by atoms with Crippen molar-refractivity contribution in [2.75, 3.05) is 5.32 Å². The Balaban J connectivity index is 2.08. The second kappa shape index (κ2) is 5.05. The van der Waals surface area contributed by atoms with Crippen LogP contribution in [0.15, 0.2) is 18.2 Å². The summed E-state index contributed by atoms with van der Waals surface area (Å²) in [5.41, 5.74) is 0.461. The third kappa shape index (κ3) is 2.67. The molecule has 1 aromatic carbocycles. The van der Waals surface area contributed by atoms with Crippen LogP contribution >= 0.6 is 11.6 Å². The number of halogens is 2. The summed E-state index contributed by atoms with van der Waals surface area (Å²) in [4.78, 5) is 0. The van der Waals surface area contributed by atoms with E-state index in [-0.39, 0.29) is 5.82 Å². The van der Waals surface area contributed by atoms with Gasteiger partial charge in [-0.3, -0.25) is 0 Å². The molecule has 2 rings (SSSR count). The van der Waals surface area contributed by atoms with E-state index in [2.05, 4.69) is 12.2 Å². The average Bonchev–Trinajstić information content (AvgIpc) is 2.24. The normalized spacial score (nSPS) is 25.4. The number of para-hydroxylation sites is 1. The van der Waals surface area contributed by atoms with Gasteiger partial charge in [0.25, 0.3) is 0 Å². The second-order valence-corrected chi connectivity index (χ2v) is 5.12. The SMILES string of the molecule is CC1CCCC(Nc2c(F)cccc2Cl)C1. The summed E-state index contributed by atoms with van der Waals surface area (Å²) in [6.07, 6.45) is 4.70. The molecule has 1 fully saturated rings. The van der Waals surface area contributed by atoms with Crippen molar-refractivity contribution >= 4 is 17.3 Å². The maximum Gasteiger partial charge on any atom is 0.147 e. The Labute approximate surface area is 101 Å². The number of nitrogens with one attached hydrogen (secondary N) is 1. The molecular weight excluding hydrogens is 225 g/mol. The van der Waals surface area contributed by atoms with Crippen LogP contribution in [0.2, 0.25) is 5.02 Å². The molecule has 1 aliphatic rings. The zero-order valence-corrected chi connectivity index (χ0v) is 10.2. The van der Waals surface area contributed by atoms with Gasteiger partial charge in [0.2, 0.25) is 0 Å². The van der Waals surface area contributed by atoms with Crippen molar-refractivity contribution < 1.29 is 4.39 Å². The van der Waals surface area contributed by atoms with Gasteiger partial charge >= 0.3 is 0 Å². The van der Waals surface area contributed by atoms with Gasteiger partial charge < -0.3 is 5.32 Å². The lowest BCUT2D eigenvalue weighted by atomic mass is 9.87. The third-order valence-corrected chi connectivity index (χ3v) is 3.56. The molecule has 3 heteroatoms. The largest absolute Gasteiger partial charge is 0.379 e. The van der Waals surface area contributed by atoms with E-state index in [1.807, 2.05) is 0 Å². The van der Waals surface area contributed by atoms with E-state index in [1.165, 1.54) is 18.9 Å². The first-order valence-corrected chi connectivity index (χ1v) is 6.25. The highest BCUT2D eigenvalue weighted by atomic mass is 35.5. The zero-order chi connectivity index (χ0) is 11.5. The van der Waals surface area contributed by atoms with Crippen LogP contribution in [0.1, 0.15) is 32.6 Å². The molecule has 16 heavy (non-hydrogen) atoms. The Morgan fingerprint density at radius 1 is 1.38 bits per heavy atom. The summed E-state index contributed by atoms with van der Waals surface area (Å²) >= 11 is 5.98. The monoisotopic (exact) mass is 241 g/mol. The minimum Gasteiger partial charge on any atom is -0.379 e. The van der Waals surface area contributed by atoms with Gasteiger partial charge in [-0.1, -0.05) is 37.4 Å². The fraction of sp³-hybridized carbons (Fsp3) is 0.538. The van der Waals surface area contributed by atoms with E-state index in [0.717, 1.165) is 18.8 Å². The molecule has 2 unspecified atom stereocenters. The lowest BCUT2D eigenvalue weighted by Crippen LogP contribution is -2.26. The molecule has 0 aliphatic heterocycles. The molecule has 1 aromatic rings. The summed E-state index contributed by atoms with van der Waals surface area (Å²) in [5, 5.41) is 3.71. The van der Waals surface area contributed by atoms with Crippen molar-refractivity contribution in [1.29, 1.82) is 0 Å². The van der Waals surface area contributed by atoms with Gasteiger partial charge in [-0.25, -0.2) is 4.39 Å². The molecule has 0 bridgehead atoms. The van der Waals surface area contributed by atoms with E-state index < -0.39 is 0 Å². The van der Waals surface area contributed by atoms with Crippen molar-refractivity contribution in [2.45, 2.75) is 38.6 Å². The minimum absolute atomic E-state index is 0.259. The van der Waals surface area contributed by atoms with Crippen LogP contribution in [-0.4, -0.2) is 6.04 Å². The molecule has 0 amide bonds. The van der Waals surface area contributed by atoms with Crippen LogP contribution in [0.25, 0.3) is 0 Å². The topological polar surface area (TPSA) is 12.0 Å². The highest BCUT2D eigenvalue weighted by Crippen LogP contribution is 2.30. The minimum atomic E-state index is -0.259. The molecule has 2 atom stereocenters. The number of benzene rings is 1. The van der Waals surface area contributed by atoms with Crippen molar-refractivity contribution in [3.8, 4) is 0 Å². The highest BCUT2D eigenvalue weighted by molar-refractivity contribution is 6.33. The Morgan fingerprint density at radius 3 is 2.88 bits per heavy atom. The summed E-state index contributed by atoms with van der Waals surface area (Å²) in [6, 6.07) is 5.16. The van der Waals surface area contributed by atoms with E-state index in [4.69, 9.17) is 11.6 Å². The van der Waals surface area contributed by atoms with Crippen molar-refractivity contribution in [3.63, 3.8) is 0 Å². The quantitative estimate of drug-likeness (QED) is 0.806. The van der Waals surface area contributed by atoms with E-state index >= 15 is 0 Å². The molecule has 1 N–H and O–H groups in total. The van der Waals surface area contributed by atoms with Crippen LogP contribution in [0.4, 0.5) is 10.1 Å². The summed E-state index contributed by atoms with van der Waals surface area (Å²) < 4.78 is 13.6. The molecule has 1 nitrogen and oxygen atoms in total. The van der Waals surface area contributed by atoms with Crippen molar-refractivity contribution in [2.24, 2.45) is 5.92 Å². The molecule has 0 aromatic heterocycles. The Morgan fingerprint density at radius 2 is 2.19 bits per heavy atom. The van der Waals surface area contributed by atoms with Crippen LogP contribution < -0.4 is 5.32 Å². The van der Waals surface area contributed by atoms with Gasteiger partial charge in [0, 0.05) is 6.04 Å². The Kier molecular flexibility index (Phi) is 3.70. The number of hydrogen-bond acceptors (Lipinski definition) is 1. The average molecular weight is 242 g/mol. The van der Waals surface area contributed by atoms with Crippen LogP contribution in [0.3, 0.4) is 0 Å². The number of rotatable bonds is 2. The fourth-order valence-corrected chi connectivity index (χ4v) is 2.62. The van der Waals surface area contributed by atoms with Gasteiger partial charge in [0.1, 0.15) is 5.82 Å². The first-order chi connectivity index (χ1) is 7.66. The predicted octanol–water partition coefficient (Wildman–Crippen LogP) is 4.47. The number of hydrogen-bond donors (Lipinski definition) is 1. The molecule has 88 valence electrons. The van der Waals surface area contributed by atoms with Crippen LogP contribution in [-0.2, 0) is 0 Å². The van der Waals surface area contributed by atoms with E-state index in [9.17, 15) is 4.39 Å². The zero-order valence-electron chi connectivity index (χ0n) is 9.47. The molecular formula is C13H17ClFN. The van der Waals surface area contributed by atoms with E-state index in [1.54, 1.807) is 12.1 Å². The first kappa shape index (κ1) is 11.7. The summed E-state index contributed by atoms with van der Waals surface area (Å²) in [6.45, 7) is 2.25. The van der Waals surface area contributed by atoms with Gasteiger partial charge in [-0.2, -0.15) is 0 Å². The molecule has 0 saturated heterocycles. The summed E-state index contributed by atoms with van der Waals surface area (Å²) in [7, 11) is 0. The van der Waals surface area contributed by atoms with Gasteiger partial charge in [-0.05, 0) is 30.9 Å². The van der Waals surface area contributed by atoms with Gasteiger partial charge in [0.05, 0.1) is 10.7 Å². The molecule has 1 saturated carbocycles. The lowest BCUT2D eigenvalue weighted by Gasteiger charge is -2.28. The fourth-order valence-electron chi connectivity index (χ4n) is 2.41. The molecule has 0 heterocycles. The Bertz CT molecular complexity index is 347. The summed E-state index contributed by atoms with van der Waals surface area (Å²) in [5.74, 6) is 0.461. The lowest BCUT2D eigenvalue weighted by molar-refractivity contribution is 0.358. The molecule has 0 spiro atoms. The highest BCUT2D eigenvalue weighted by Gasteiger charge is 2.20.